The molecule has 0 bridgehead atoms. The molecule has 0 spiro atoms. The Kier molecular flexibility index (Phi) is 2.10. The molecule has 0 aliphatic heterocycles. The van der Waals surface area contributed by atoms with Crippen LogP contribution in [0.15, 0.2) is 11.6 Å². The van der Waals surface area contributed by atoms with Crippen LogP contribution in [0.1, 0.15) is 19.8 Å². The average Bonchev–Trinajstić information content (AvgIpc) is 2.34. The molecule has 0 saturated carbocycles. The molecule has 0 aromatic heterocycles. The van der Waals surface area contributed by atoms with Gasteiger partial charge in [-0.1, -0.05) is 11.6 Å². The summed E-state index contributed by atoms with van der Waals surface area (Å²) in [6.45, 7) is 1.98. The number of methoxy groups -OCH3 is 1. The van der Waals surface area contributed by atoms with Gasteiger partial charge in [-0.15, -0.1) is 0 Å². The predicted octanol–water partition coefficient (Wildman–Crippen LogP) is 1.52. The third-order valence-electron chi connectivity index (χ3n) is 1.96. The summed E-state index contributed by atoms with van der Waals surface area (Å²) in [7, 11) is 1.44. The summed E-state index contributed by atoms with van der Waals surface area (Å²) in [6, 6.07) is 0. The maximum Gasteiger partial charge on any atom is 0.312 e. The lowest BCUT2D eigenvalue weighted by Gasteiger charge is -2.07. The highest BCUT2D eigenvalue weighted by Gasteiger charge is 2.23. The quantitative estimate of drug-likeness (QED) is 0.407. The smallest absolute Gasteiger partial charge is 0.312 e. The minimum absolute atomic E-state index is 0.0463. The molecule has 1 unspecified atom stereocenters. The van der Waals surface area contributed by atoms with E-state index in [0.717, 1.165) is 18.4 Å². The van der Waals surface area contributed by atoms with E-state index in [2.05, 4.69) is 10.8 Å². The third kappa shape index (κ3) is 1.20. The summed E-state index contributed by atoms with van der Waals surface area (Å²) in [4.78, 5) is 11.0. The number of carbonyl (C=O) groups excluding carboxylic acids is 1. The highest BCUT2D eigenvalue weighted by Crippen LogP contribution is 2.25. The van der Waals surface area contributed by atoms with E-state index < -0.39 is 0 Å². The van der Waals surface area contributed by atoms with Gasteiger partial charge in [-0.25, -0.2) is 0 Å². The zero-order valence-electron chi connectivity index (χ0n) is 6.39. The molecule has 0 saturated heterocycles. The summed E-state index contributed by atoms with van der Waals surface area (Å²) < 4.78 is 4.62. The monoisotopic (exact) mass is 140 g/mol. The number of hydrogen-bond acceptors (Lipinski definition) is 2. The fourth-order valence-electron chi connectivity index (χ4n) is 1.29. The maximum absolute atomic E-state index is 11.0. The largest absolute Gasteiger partial charge is 0.469 e. The molecule has 1 aliphatic carbocycles. The van der Waals surface area contributed by atoms with E-state index in [0.29, 0.717) is 0 Å². The Morgan fingerprint density at radius 2 is 2.50 bits per heavy atom. The second-order valence-electron chi connectivity index (χ2n) is 2.60. The summed E-state index contributed by atoms with van der Waals surface area (Å²) >= 11 is 0. The Bertz CT molecular complexity index is 170. The topological polar surface area (TPSA) is 26.3 Å². The van der Waals surface area contributed by atoms with Gasteiger partial charge >= 0.3 is 5.97 Å². The van der Waals surface area contributed by atoms with Crippen molar-refractivity contribution in [2.75, 3.05) is 7.11 Å². The van der Waals surface area contributed by atoms with E-state index in [-0.39, 0.29) is 11.9 Å². The standard InChI is InChI=1S/C8H12O2/c1-6-4-3-5-7(6)8(9)10-2/h4,7H,3,5H2,1-2H3. The molecule has 1 aliphatic rings. The van der Waals surface area contributed by atoms with Crippen molar-refractivity contribution >= 4 is 5.97 Å². The van der Waals surface area contributed by atoms with Crippen molar-refractivity contribution in [3.05, 3.63) is 11.6 Å². The Labute approximate surface area is 60.9 Å². The molecule has 2 nitrogen and oxygen atoms in total. The molecule has 0 N–H and O–H groups in total. The van der Waals surface area contributed by atoms with Crippen molar-refractivity contribution in [1.82, 2.24) is 0 Å². The molecule has 0 amide bonds. The van der Waals surface area contributed by atoms with Crippen LogP contribution in [0.4, 0.5) is 0 Å². The van der Waals surface area contributed by atoms with Gasteiger partial charge in [0.2, 0.25) is 0 Å². The van der Waals surface area contributed by atoms with Gasteiger partial charge in [0, 0.05) is 0 Å². The van der Waals surface area contributed by atoms with Crippen molar-refractivity contribution in [2.24, 2.45) is 5.92 Å². The van der Waals surface area contributed by atoms with Crippen LogP contribution in [0.25, 0.3) is 0 Å². The molecule has 0 fully saturated rings. The van der Waals surface area contributed by atoms with Crippen molar-refractivity contribution < 1.29 is 9.53 Å². The molecule has 0 radical (unpaired) electrons. The second-order valence-corrected chi connectivity index (χ2v) is 2.60. The normalized spacial score (nSPS) is 24.2. The van der Waals surface area contributed by atoms with Gasteiger partial charge in [0.15, 0.2) is 0 Å². The van der Waals surface area contributed by atoms with E-state index in [1.54, 1.807) is 0 Å². The van der Waals surface area contributed by atoms with E-state index in [1.165, 1.54) is 7.11 Å². The summed E-state index contributed by atoms with van der Waals surface area (Å²) in [5.74, 6) is -0.0451. The molecule has 10 heavy (non-hydrogen) atoms. The highest BCUT2D eigenvalue weighted by molar-refractivity contribution is 5.76. The lowest BCUT2D eigenvalue weighted by Crippen LogP contribution is -2.14. The van der Waals surface area contributed by atoms with Crippen molar-refractivity contribution in [3.8, 4) is 0 Å². The Morgan fingerprint density at radius 3 is 2.90 bits per heavy atom. The zero-order valence-corrected chi connectivity index (χ0v) is 6.39. The van der Waals surface area contributed by atoms with E-state index in [4.69, 9.17) is 0 Å². The first-order valence-electron chi connectivity index (χ1n) is 3.50. The first-order chi connectivity index (χ1) is 4.75. The summed E-state index contributed by atoms with van der Waals surface area (Å²) in [5, 5.41) is 0. The number of hydrogen-bond donors (Lipinski definition) is 0. The number of ether oxygens (including phenoxy) is 1. The predicted molar refractivity (Wildman–Crippen MR) is 38.5 cm³/mol. The van der Waals surface area contributed by atoms with Crippen LogP contribution in [0.2, 0.25) is 0 Å². The van der Waals surface area contributed by atoms with Gasteiger partial charge in [0.25, 0.3) is 0 Å². The Morgan fingerprint density at radius 1 is 1.80 bits per heavy atom. The maximum atomic E-state index is 11.0. The van der Waals surface area contributed by atoms with Crippen LogP contribution in [-0.2, 0) is 9.53 Å². The van der Waals surface area contributed by atoms with Crippen LogP contribution in [0, 0.1) is 5.92 Å². The SMILES string of the molecule is COC(=O)C1CCC=C1C. The lowest BCUT2D eigenvalue weighted by molar-refractivity contribution is -0.144. The fourth-order valence-corrected chi connectivity index (χ4v) is 1.29. The van der Waals surface area contributed by atoms with Gasteiger partial charge in [0.1, 0.15) is 0 Å². The first kappa shape index (κ1) is 7.32. The molecule has 0 heterocycles. The highest BCUT2D eigenvalue weighted by atomic mass is 16.5. The van der Waals surface area contributed by atoms with Crippen LogP contribution in [0.5, 0.6) is 0 Å². The Hall–Kier alpha value is -0.790. The van der Waals surface area contributed by atoms with Crippen molar-refractivity contribution in [3.63, 3.8) is 0 Å². The molecule has 1 atom stereocenters. The Balaban J connectivity index is 2.57. The van der Waals surface area contributed by atoms with Gasteiger partial charge in [0.05, 0.1) is 13.0 Å². The fraction of sp³-hybridized carbons (Fsp3) is 0.625. The number of carbonyl (C=O) groups is 1. The van der Waals surface area contributed by atoms with E-state index in [1.807, 2.05) is 6.92 Å². The van der Waals surface area contributed by atoms with Gasteiger partial charge < -0.3 is 4.74 Å². The van der Waals surface area contributed by atoms with Crippen LogP contribution in [-0.4, -0.2) is 13.1 Å². The molecule has 56 valence electrons. The summed E-state index contributed by atoms with van der Waals surface area (Å²) in [5.41, 5.74) is 1.16. The minimum atomic E-state index is -0.0914. The van der Waals surface area contributed by atoms with Gasteiger partial charge in [-0.05, 0) is 19.8 Å². The van der Waals surface area contributed by atoms with Crippen LogP contribution in [0.3, 0.4) is 0 Å². The number of allylic oxidation sites excluding steroid dienone is 1. The number of rotatable bonds is 1. The molecule has 0 aromatic carbocycles. The lowest BCUT2D eigenvalue weighted by atomic mass is 10.0. The second kappa shape index (κ2) is 2.86. The van der Waals surface area contributed by atoms with Gasteiger partial charge in [-0.3, -0.25) is 4.79 Å². The van der Waals surface area contributed by atoms with Crippen molar-refractivity contribution in [2.45, 2.75) is 19.8 Å². The van der Waals surface area contributed by atoms with Crippen LogP contribution >= 0.6 is 0 Å². The number of esters is 1. The molecular weight excluding hydrogens is 128 g/mol. The minimum Gasteiger partial charge on any atom is -0.469 e. The first-order valence-corrected chi connectivity index (χ1v) is 3.50. The van der Waals surface area contributed by atoms with Crippen molar-refractivity contribution in [1.29, 1.82) is 0 Å². The van der Waals surface area contributed by atoms with Gasteiger partial charge in [-0.2, -0.15) is 0 Å². The molecule has 2 heteroatoms. The zero-order chi connectivity index (χ0) is 7.56. The van der Waals surface area contributed by atoms with E-state index in [9.17, 15) is 4.79 Å². The third-order valence-corrected chi connectivity index (χ3v) is 1.96. The molecule has 0 aromatic rings. The average molecular weight is 140 g/mol. The summed E-state index contributed by atoms with van der Waals surface area (Å²) in [6.07, 6.45) is 4.05. The molecular formula is C8H12O2. The molecule has 1 rings (SSSR count). The van der Waals surface area contributed by atoms with E-state index >= 15 is 0 Å². The van der Waals surface area contributed by atoms with Crippen LogP contribution < -0.4 is 0 Å².